The van der Waals surface area contributed by atoms with Gasteiger partial charge >= 0.3 is 12.4 Å². The molecule has 0 heterocycles. The zero-order valence-corrected chi connectivity index (χ0v) is 9.68. The smallest absolute Gasteiger partial charge is 0.387 e. The Morgan fingerprint density at radius 1 is 0.947 bits per heavy atom. The Labute approximate surface area is 104 Å². The largest absolute Gasteiger partial charge is 0.416 e. The van der Waals surface area contributed by atoms with E-state index in [9.17, 15) is 31.4 Å². The van der Waals surface area contributed by atoms with E-state index in [1.165, 1.54) is 6.92 Å². The maximum atomic E-state index is 12.5. The highest BCUT2D eigenvalue weighted by molar-refractivity contribution is 5.35. The molecule has 1 aromatic carbocycles. The van der Waals surface area contributed by atoms with Gasteiger partial charge in [0.1, 0.15) is 0 Å². The molecule has 1 aromatic rings. The highest BCUT2D eigenvalue weighted by Gasteiger charge is 2.37. The number of halogens is 6. The molecule has 0 aliphatic heterocycles. The molecule has 0 aromatic heterocycles. The van der Waals surface area contributed by atoms with Gasteiger partial charge in [-0.25, -0.2) is 0 Å². The molecular formula is C11H11F6NO. The summed E-state index contributed by atoms with van der Waals surface area (Å²) in [5.74, 6) is 0. The van der Waals surface area contributed by atoms with Crippen molar-refractivity contribution < 1.29 is 31.4 Å². The standard InChI is InChI=1S/C11H11F6NO/c1-5(18)9(19)6-2-7(10(12,13)14)4-8(3-6)11(15,16)17/h2-5,9,19H,18H2,1H3/t5-,9+/m0/s1. The summed E-state index contributed by atoms with van der Waals surface area (Å²) in [6, 6.07) is -0.0752. The van der Waals surface area contributed by atoms with Gasteiger partial charge in [-0.2, -0.15) is 26.3 Å². The fraction of sp³-hybridized carbons (Fsp3) is 0.455. The van der Waals surface area contributed by atoms with Crippen LogP contribution in [0.2, 0.25) is 0 Å². The van der Waals surface area contributed by atoms with E-state index in [1.54, 1.807) is 0 Å². The fourth-order valence-electron chi connectivity index (χ4n) is 1.45. The Kier molecular flexibility index (Phi) is 4.16. The average Bonchev–Trinajstić information content (AvgIpc) is 2.24. The van der Waals surface area contributed by atoms with Gasteiger partial charge in [0.2, 0.25) is 0 Å². The third kappa shape index (κ3) is 3.84. The van der Waals surface area contributed by atoms with E-state index >= 15 is 0 Å². The molecule has 0 saturated carbocycles. The van der Waals surface area contributed by atoms with Gasteiger partial charge in [0.15, 0.2) is 0 Å². The number of hydrogen-bond acceptors (Lipinski definition) is 2. The van der Waals surface area contributed by atoms with E-state index in [0.717, 1.165) is 0 Å². The molecule has 0 bridgehead atoms. The molecule has 3 N–H and O–H groups in total. The summed E-state index contributed by atoms with van der Waals surface area (Å²) in [5.41, 5.74) is 1.81. The first kappa shape index (κ1) is 15.8. The maximum Gasteiger partial charge on any atom is 0.416 e. The van der Waals surface area contributed by atoms with Crippen LogP contribution in [0.4, 0.5) is 26.3 Å². The minimum absolute atomic E-state index is 0.00258. The monoisotopic (exact) mass is 287 g/mol. The first-order chi connectivity index (χ1) is 8.43. The van der Waals surface area contributed by atoms with Gasteiger partial charge in [0.25, 0.3) is 0 Å². The van der Waals surface area contributed by atoms with Gasteiger partial charge < -0.3 is 10.8 Å². The number of nitrogens with two attached hydrogens (primary N) is 1. The van der Waals surface area contributed by atoms with Gasteiger partial charge in [-0.1, -0.05) is 0 Å². The lowest BCUT2D eigenvalue weighted by molar-refractivity contribution is -0.143. The molecule has 0 saturated heterocycles. The molecule has 0 radical (unpaired) electrons. The number of alkyl halides is 6. The topological polar surface area (TPSA) is 46.2 Å². The van der Waals surface area contributed by atoms with Crippen LogP contribution >= 0.6 is 0 Å². The number of hydrogen-bond donors (Lipinski definition) is 2. The van der Waals surface area contributed by atoms with E-state index in [1.807, 2.05) is 0 Å². The van der Waals surface area contributed by atoms with Crippen molar-refractivity contribution in [2.75, 3.05) is 0 Å². The van der Waals surface area contributed by atoms with E-state index in [0.29, 0.717) is 12.1 Å². The molecule has 19 heavy (non-hydrogen) atoms. The normalized spacial score (nSPS) is 16.3. The molecule has 0 aliphatic carbocycles. The summed E-state index contributed by atoms with van der Waals surface area (Å²) < 4.78 is 75.1. The lowest BCUT2D eigenvalue weighted by Gasteiger charge is -2.19. The lowest BCUT2D eigenvalue weighted by Crippen LogP contribution is -2.25. The van der Waals surface area contributed by atoms with Crippen LogP contribution in [0.15, 0.2) is 18.2 Å². The Hall–Kier alpha value is -1.28. The summed E-state index contributed by atoms with van der Waals surface area (Å²) in [6.07, 6.45) is -11.5. The summed E-state index contributed by atoms with van der Waals surface area (Å²) in [5, 5.41) is 9.52. The van der Waals surface area contributed by atoms with Crippen molar-refractivity contribution in [2.45, 2.75) is 31.4 Å². The van der Waals surface area contributed by atoms with Crippen molar-refractivity contribution in [1.82, 2.24) is 0 Å². The van der Waals surface area contributed by atoms with E-state index in [2.05, 4.69) is 0 Å². The Bertz CT molecular complexity index is 419. The first-order valence-corrected chi connectivity index (χ1v) is 5.16. The summed E-state index contributed by atoms with van der Waals surface area (Å²) in [6.45, 7) is 1.28. The maximum absolute atomic E-state index is 12.5. The molecule has 0 spiro atoms. The van der Waals surface area contributed by atoms with Crippen LogP contribution in [-0.2, 0) is 12.4 Å². The number of benzene rings is 1. The number of rotatable bonds is 2. The van der Waals surface area contributed by atoms with Crippen molar-refractivity contribution in [3.63, 3.8) is 0 Å². The zero-order chi connectivity index (χ0) is 15.0. The van der Waals surface area contributed by atoms with Crippen LogP contribution in [0.5, 0.6) is 0 Å². The quantitative estimate of drug-likeness (QED) is 0.821. The van der Waals surface area contributed by atoms with Crippen LogP contribution < -0.4 is 5.73 Å². The van der Waals surface area contributed by atoms with Gasteiger partial charge in [-0.3, -0.25) is 0 Å². The second-order valence-electron chi connectivity index (χ2n) is 4.14. The molecule has 0 amide bonds. The highest BCUT2D eigenvalue weighted by Crippen LogP contribution is 2.37. The molecule has 1 rings (SSSR count). The molecule has 8 heteroatoms. The Morgan fingerprint density at radius 3 is 1.58 bits per heavy atom. The van der Waals surface area contributed by atoms with Crippen molar-refractivity contribution in [3.8, 4) is 0 Å². The van der Waals surface area contributed by atoms with Crippen molar-refractivity contribution in [3.05, 3.63) is 34.9 Å². The van der Waals surface area contributed by atoms with Crippen LogP contribution in [0.1, 0.15) is 29.7 Å². The molecule has 2 atom stereocenters. The van der Waals surface area contributed by atoms with Crippen molar-refractivity contribution in [1.29, 1.82) is 0 Å². The molecule has 108 valence electrons. The molecule has 0 unspecified atom stereocenters. The minimum Gasteiger partial charge on any atom is -0.387 e. The van der Waals surface area contributed by atoms with Gasteiger partial charge in [-0.05, 0) is 30.7 Å². The van der Waals surface area contributed by atoms with Gasteiger partial charge in [-0.15, -0.1) is 0 Å². The molecule has 0 fully saturated rings. The zero-order valence-electron chi connectivity index (χ0n) is 9.68. The summed E-state index contributed by atoms with van der Waals surface area (Å²) in [7, 11) is 0. The summed E-state index contributed by atoms with van der Waals surface area (Å²) in [4.78, 5) is 0. The SMILES string of the molecule is C[C@H](N)[C@@H](O)c1cc(C(F)(F)F)cc(C(F)(F)F)c1. The number of aliphatic hydroxyl groups excluding tert-OH is 1. The molecule has 2 nitrogen and oxygen atoms in total. The summed E-state index contributed by atoms with van der Waals surface area (Å²) >= 11 is 0. The third-order valence-electron chi connectivity index (χ3n) is 2.45. The molecular weight excluding hydrogens is 276 g/mol. The van der Waals surface area contributed by atoms with Crippen LogP contribution in [0, 0.1) is 0 Å². The molecule has 0 aliphatic rings. The fourth-order valence-corrected chi connectivity index (χ4v) is 1.45. The predicted molar refractivity (Wildman–Crippen MR) is 55.1 cm³/mol. The van der Waals surface area contributed by atoms with Crippen LogP contribution in [-0.4, -0.2) is 11.1 Å². The second kappa shape index (κ2) is 5.01. The predicted octanol–water partition coefficient (Wildman–Crippen LogP) is 3.10. The Morgan fingerprint density at radius 2 is 1.32 bits per heavy atom. The second-order valence-corrected chi connectivity index (χ2v) is 4.14. The van der Waals surface area contributed by atoms with Crippen LogP contribution in [0.3, 0.4) is 0 Å². The van der Waals surface area contributed by atoms with Crippen molar-refractivity contribution >= 4 is 0 Å². The van der Waals surface area contributed by atoms with E-state index < -0.39 is 41.2 Å². The lowest BCUT2D eigenvalue weighted by atomic mass is 9.98. The third-order valence-corrected chi connectivity index (χ3v) is 2.45. The highest BCUT2D eigenvalue weighted by atomic mass is 19.4. The Balaban J connectivity index is 3.41. The first-order valence-electron chi connectivity index (χ1n) is 5.16. The minimum atomic E-state index is -4.94. The van der Waals surface area contributed by atoms with Crippen LogP contribution in [0.25, 0.3) is 0 Å². The van der Waals surface area contributed by atoms with Gasteiger partial charge in [0, 0.05) is 6.04 Å². The van der Waals surface area contributed by atoms with E-state index in [-0.39, 0.29) is 6.07 Å². The van der Waals surface area contributed by atoms with E-state index in [4.69, 9.17) is 5.73 Å². The number of aliphatic hydroxyl groups is 1. The average molecular weight is 287 g/mol. The van der Waals surface area contributed by atoms with Crippen molar-refractivity contribution in [2.24, 2.45) is 5.73 Å². The van der Waals surface area contributed by atoms with Gasteiger partial charge in [0.05, 0.1) is 17.2 Å².